The van der Waals surface area contributed by atoms with E-state index in [2.05, 4.69) is 59.9 Å². The topological polar surface area (TPSA) is 23.5 Å². The Kier molecular flexibility index (Phi) is 6.33. The van der Waals surface area contributed by atoms with Crippen molar-refractivity contribution < 1.29 is 5.11 Å². The van der Waals surface area contributed by atoms with Gasteiger partial charge >= 0.3 is 0 Å². The van der Waals surface area contributed by atoms with Gasteiger partial charge in [0, 0.05) is 29.6 Å². The summed E-state index contributed by atoms with van der Waals surface area (Å²) in [4.78, 5) is 2.29. The molecule has 0 aromatic heterocycles. The molecule has 1 aromatic carbocycles. The number of halogens is 1. The molecule has 1 aromatic rings. The van der Waals surface area contributed by atoms with Crippen molar-refractivity contribution in [1.29, 1.82) is 0 Å². The van der Waals surface area contributed by atoms with E-state index in [0.29, 0.717) is 0 Å². The summed E-state index contributed by atoms with van der Waals surface area (Å²) < 4.78 is 1.12. The van der Waals surface area contributed by atoms with Crippen molar-refractivity contribution in [3.8, 4) is 0 Å². The predicted molar refractivity (Wildman–Crippen MR) is 80.6 cm³/mol. The summed E-state index contributed by atoms with van der Waals surface area (Å²) in [5.41, 5.74) is 1.30. The maximum absolute atomic E-state index is 9.54. The van der Waals surface area contributed by atoms with Gasteiger partial charge in [0.05, 0.1) is 0 Å². The molecule has 1 atom stereocenters. The molecule has 0 saturated carbocycles. The Morgan fingerprint density at radius 3 is 2.67 bits per heavy atom. The third kappa shape index (κ3) is 5.09. The van der Waals surface area contributed by atoms with Gasteiger partial charge in [-0.3, -0.25) is 0 Å². The van der Waals surface area contributed by atoms with Crippen LogP contribution in [0.5, 0.6) is 0 Å². The van der Waals surface area contributed by atoms with E-state index < -0.39 is 0 Å². The van der Waals surface area contributed by atoms with Crippen molar-refractivity contribution in [1.82, 2.24) is 4.90 Å². The zero-order valence-electron chi connectivity index (χ0n) is 11.6. The monoisotopic (exact) mass is 313 g/mol. The zero-order valence-corrected chi connectivity index (χ0v) is 13.2. The van der Waals surface area contributed by atoms with Gasteiger partial charge in [0.25, 0.3) is 0 Å². The lowest BCUT2D eigenvalue weighted by Gasteiger charge is -2.32. The molecule has 102 valence electrons. The Morgan fingerprint density at radius 1 is 1.39 bits per heavy atom. The molecule has 0 heterocycles. The van der Waals surface area contributed by atoms with Crippen molar-refractivity contribution >= 4 is 15.9 Å². The Hall–Kier alpha value is -0.380. The average Bonchev–Trinajstić information content (AvgIpc) is 2.29. The highest BCUT2D eigenvalue weighted by Gasteiger charge is 2.24. The highest BCUT2D eigenvalue weighted by molar-refractivity contribution is 9.10. The van der Waals surface area contributed by atoms with Crippen LogP contribution in [0.25, 0.3) is 0 Å². The minimum absolute atomic E-state index is 0.00944. The first kappa shape index (κ1) is 15.7. The molecular formula is C15H24BrNO. The van der Waals surface area contributed by atoms with Crippen molar-refractivity contribution in [3.05, 3.63) is 34.3 Å². The lowest BCUT2D eigenvalue weighted by Crippen LogP contribution is -2.35. The Bertz CT molecular complexity index is 369. The van der Waals surface area contributed by atoms with Crippen molar-refractivity contribution in [2.24, 2.45) is 5.41 Å². The molecule has 0 radical (unpaired) electrons. The van der Waals surface area contributed by atoms with Gasteiger partial charge in [-0.25, -0.2) is 0 Å². The summed E-state index contributed by atoms with van der Waals surface area (Å²) in [6, 6.07) is 8.38. The SMILES string of the molecule is CCCC(C)(CO)CN(C)Cc1cccc(Br)c1. The molecule has 1 unspecified atom stereocenters. The van der Waals surface area contributed by atoms with Crippen LogP contribution in [0, 0.1) is 5.41 Å². The van der Waals surface area contributed by atoms with Crippen LogP contribution in [-0.4, -0.2) is 30.2 Å². The molecule has 0 amide bonds. The molecule has 0 saturated heterocycles. The van der Waals surface area contributed by atoms with Crippen molar-refractivity contribution in [3.63, 3.8) is 0 Å². The van der Waals surface area contributed by atoms with E-state index in [1.807, 2.05) is 6.07 Å². The van der Waals surface area contributed by atoms with Crippen LogP contribution < -0.4 is 0 Å². The van der Waals surface area contributed by atoms with E-state index >= 15 is 0 Å². The molecular weight excluding hydrogens is 290 g/mol. The number of aliphatic hydroxyl groups is 1. The van der Waals surface area contributed by atoms with E-state index in [-0.39, 0.29) is 12.0 Å². The number of aliphatic hydroxyl groups excluding tert-OH is 1. The standard InChI is InChI=1S/C15H24BrNO/c1-4-8-15(2,12-18)11-17(3)10-13-6-5-7-14(16)9-13/h5-7,9,18H,4,8,10-12H2,1-3H3. The highest BCUT2D eigenvalue weighted by atomic mass is 79.9. The maximum Gasteiger partial charge on any atom is 0.0497 e. The van der Waals surface area contributed by atoms with Gasteiger partial charge in [0.15, 0.2) is 0 Å². The first-order chi connectivity index (χ1) is 8.49. The molecule has 0 fully saturated rings. The van der Waals surface area contributed by atoms with E-state index in [1.54, 1.807) is 0 Å². The smallest absolute Gasteiger partial charge is 0.0497 e. The maximum atomic E-state index is 9.54. The number of hydrogen-bond acceptors (Lipinski definition) is 2. The molecule has 3 heteroatoms. The summed E-state index contributed by atoms with van der Waals surface area (Å²) >= 11 is 3.49. The summed E-state index contributed by atoms with van der Waals surface area (Å²) in [5.74, 6) is 0. The second-order valence-corrected chi connectivity index (χ2v) is 6.44. The minimum Gasteiger partial charge on any atom is -0.396 e. The number of nitrogens with zero attached hydrogens (tertiary/aromatic N) is 1. The van der Waals surface area contributed by atoms with E-state index in [0.717, 1.165) is 30.4 Å². The lowest BCUT2D eigenvalue weighted by molar-refractivity contribution is 0.0878. The molecule has 0 aliphatic heterocycles. The van der Waals surface area contributed by atoms with Crippen LogP contribution >= 0.6 is 15.9 Å². The molecule has 0 aliphatic rings. The Morgan fingerprint density at radius 2 is 2.11 bits per heavy atom. The molecule has 1 N–H and O–H groups in total. The Balaban J connectivity index is 2.57. The first-order valence-corrected chi connectivity index (χ1v) is 7.32. The van der Waals surface area contributed by atoms with Crippen LogP contribution in [0.2, 0.25) is 0 Å². The summed E-state index contributed by atoms with van der Waals surface area (Å²) in [7, 11) is 2.12. The van der Waals surface area contributed by atoms with Crippen LogP contribution in [-0.2, 0) is 6.54 Å². The number of benzene rings is 1. The third-order valence-corrected chi connectivity index (χ3v) is 3.72. The molecule has 0 bridgehead atoms. The second-order valence-electron chi connectivity index (χ2n) is 5.52. The Labute approximate surface area is 119 Å². The molecule has 18 heavy (non-hydrogen) atoms. The van der Waals surface area contributed by atoms with Gasteiger partial charge in [-0.15, -0.1) is 0 Å². The van der Waals surface area contributed by atoms with Gasteiger partial charge < -0.3 is 10.0 Å². The first-order valence-electron chi connectivity index (χ1n) is 6.53. The lowest BCUT2D eigenvalue weighted by atomic mass is 9.86. The minimum atomic E-state index is 0.00944. The van der Waals surface area contributed by atoms with E-state index in [9.17, 15) is 5.11 Å². The van der Waals surface area contributed by atoms with E-state index in [1.165, 1.54) is 5.56 Å². The van der Waals surface area contributed by atoms with Crippen LogP contribution in [0.15, 0.2) is 28.7 Å². The summed E-state index contributed by atoms with van der Waals surface area (Å²) in [6.07, 6.45) is 2.17. The quantitative estimate of drug-likeness (QED) is 0.830. The van der Waals surface area contributed by atoms with E-state index in [4.69, 9.17) is 0 Å². The van der Waals surface area contributed by atoms with Crippen LogP contribution in [0.3, 0.4) is 0 Å². The third-order valence-electron chi connectivity index (χ3n) is 3.23. The van der Waals surface area contributed by atoms with Crippen LogP contribution in [0.4, 0.5) is 0 Å². The second kappa shape index (κ2) is 7.27. The summed E-state index contributed by atoms with van der Waals surface area (Å²) in [5, 5.41) is 9.54. The van der Waals surface area contributed by atoms with Gasteiger partial charge in [-0.1, -0.05) is 48.3 Å². The zero-order chi connectivity index (χ0) is 13.6. The van der Waals surface area contributed by atoms with Gasteiger partial charge in [0.2, 0.25) is 0 Å². The number of rotatable bonds is 7. The summed E-state index contributed by atoms with van der Waals surface area (Å²) in [6.45, 7) is 6.42. The molecule has 0 aliphatic carbocycles. The largest absolute Gasteiger partial charge is 0.396 e. The number of hydrogen-bond donors (Lipinski definition) is 1. The average molecular weight is 314 g/mol. The predicted octanol–water partition coefficient (Wildman–Crippen LogP) is 3.68. The fourth-order valence-corrected chi connectivity index (χ4v) is 2.91. The fraction of sp³-hybridized carbons (Fsp3) is 0.600. The normalized spacial score (nSPS) is 14.8. The highest BCUT2D eigenvalue weighted by Crippen LogP contribution is 2.24. The van der Waals surface area contributed by atoms with Crippen molar-refractivity contribution in [2.75, 3.05) is 20.2 Å². The molecule has 0 spiro atoms. The van der Waals surface area contributed by atoms with Crippen molar-refractivity contribution in [2.45, 2.75) is 33.2 Å². The fourth-order valence-electron chi connectivity index (χ4n) is 2.47. The van der Waals surface area contributed by atoms with Gasteiger partial charge in [0.1, 0.15) is 0 Å². The molecule has 1 rings (SSSR count). The van der Waals surface area contributed by atoms with Crippen LogP contribution in [0.1, 0.15) is 32.3 Å². The van der Waals surface area contributed by atoms with Gasteiger partial charge in [-0.05, 0) is 31.2 Å². The molecule has 2 nitrogen and oxygen atoms in total. The van der Waals surface area contributed by atoms with Gasteiger partial charge in [-0.2, -0.15) is 0 Å².